The molecule has 11 rings (SSSR count). The predicted octanol–water partition coefficient (Wildman–Crippen LogP) is 2.63. The molecular weight excluding hydrogens is 989 g/mol. The average Bonchev–Trinajstić information content (AvgIpc) is 4.02. The van der Waals surface area contributed by atoms with Crippen LogP contribution in [0.2, 0.25) is 0 Å². The third-order valence-corrected chi connectivity index (χ3v) is 19.3. The molecule has 0 amide bonds. The summed E-state index contributed by atoms with van der Waals surface area (Å²) in [6, 6.07) is 0. The van der Waals surface area contributed by atoms with Crippen LogP contribution in [0.3, 0.4) is 0 Å². The molecule has 8 heterocycles. The van der Waals surface area contributed by atoms with Crippen LogP contribution >= 0.6 is 0 Å². The van der Waals surface area contributed by atoms with Crippen LogP contribution in [0.5, 0.6) is 0 Å². The molecule has 426 valence electrons. The van der Waals surface area contributed by atoms with Gasteiger partial charge in [-0.2, -0.15) is 0 Å². The molecule has 7 unspecified atom stereocenters. The second kappa shape index (κ2) is 22.7. The van der Waals surface area contributed by atoms with Gasteiger partial charge in [0.25, 0.3) is 0 Å². The maximum Gasteiger partial charge on any atom is 0.303 e. The second-order valence-electron chi connectivity index (χ2n) is 23.0. The van der Waals surface area contributed by atoms with E-state index < -0.39 is 92.0 Å². The minimum atomic E-state index is -1.23. The number of rotatable bonds is 16. The number of allylic oxidation sites excluding steroid dienone is 1. The number of aliphatic hydroxyl groups is 2. The van der Waals surface area contributed by atoms with Crippen LogP contribution in [0, 0.1) is 28.6 Å². The van der Waals surface area contributed by atoms with Crippen molar-refractivity contribution in [2.45, 2.75) is 214 Å². The van der Waals surface area contributed by atoms with Gasteiger partial charge in [-0.1, -0.05) is 25.5 Å². The standard InChI is InChI=1S/C53H82O22/c1-26(54)68-40-25-67-49(46(55)47(40)61-8)73-38-23-65-44(19-34(38)60-7)72-37-22-64-43(18-33(37)59-6)71-36-21-63-42(17-32(36)58-5)70-35-20-62-41(16-31(35)57-4)69-28-11-13-51(2)27(15-28)9-10-30-29(51)12-14-52(3)45-39-24-66-48(45)75-53(30,52)50(56)74-39/h9,28-50,55-56H,10-25H2,1-8H3/t28-,29?,30?,31-,32-,33-,34-,35-,36-,37-,38-,39?,40-,41+,42+,43+,44+,45?,46+,47+,48?,49+,50?,51-,52+,53?/m0/s1. The molecule has 8 aliphatic heterocycles. The zero-order valence-electron chi connectivity index (χ0n) is 44.7. The van der Waals surface area contributed by atoms with Crippen molar-refractivity contribution in [3.05, 3.63) is 11.6 Å². The van der Waals surface area contributed by atoms with Gasteiger partial charge in [0, 0.05) is 85.4 Å². The Morgan fingerprint density at radius 1 is 0.600 bits per heavy atom. The summed E-state index contributed by atoms with van der Waals surface area (Å²) in [5.74, 6) is 0.171. The summed E-state index contributed by atoms with van der Waals surface area (Å²) in [6.45, 7) is 7.28. The van der Waals surface area contributed by atoms with E-state index in [4.69, 9.17) is 90.0 Å². The van der Waals surface area contributed by atoms with Crippen molar-refractivity contribution in [2.75, 3.05) is 75.2 Å². The number of carbonyl (C=O) groups is 1. The highest BCUT2D eigenvalue weighted by Crippen LogP contribution is 2.72. The Morgan fingerprint density at radius 2 is 1.13 bits per heavy atom. The number of ether oxygens (including phenoxy) is 19. The lowest BCUT2D eigenvalue weighted by Crippen LogP contribution is -2.70. The van der Waals surface area contributed by atoms with E-state index in [1.807, 2.05) is 0 Å². The van der Waals surface area contributed by atoms with Crippen molar-refractivity contribution in [1.29, 1.82) is 0 Å². The van der Waals surface area contributed by atoms with Crippen molar-refractivity contribution in [2.24, 2.45) is 28.6 Å². The van der Waals surface area contributed by atoms with Crippen molar-refractivity contribution in [1.82, 2.24) is 0 Å². The Balaban J connectivity index is 0.616. The largest absolute Gasteiger partial charge is 0.457 e. The van der Waals surface area contributed by atoms with Crippen LogP contribution in [-0.4, -0.2) is 220 Å². The average molecular weight is 1070 g/mol. The van der Waals surface area contributed by atoms with E-state index in [9.17, 15) is 15.0 Å². The molecule has 22 heteroatoms. The van der Waals surface area contributed by atoms with E-state index >= 15 is 0 Å². The molecule has 0 aromatic carbocycles. The predicted molar refractivity (Wildman–Crippen MR) is 254 cm³/mol. The van der Waals surface area contributed by atoms with Gasteiger partial charge in [0.1, 0.15) is 42.2 Å². The molecule has 8 saturated heterocycles. The Morgan fingerprint density at radius 3 is 1.67 bits per heavy atom. The first kappa shape index (κ1) is 55.3. The van der Waals surface area contributed by atoms with E-state index in [-0.39, 0.29) is 98.6 Å². The summed E-state index contributed by atoms with van der Waals surface area (Å²) in [5, 5.41) is 22.6. The minimum Gasteiger partial charge on any atom is -0.457 e. The first-order valence-electron chi connectivity index (χ1n) is 27.4. The Labute approximate surface area is 439 Å². The highest BCUT2D eigenvalue weighted by atomic mass is 16.8. The van der Waals surface area contributed by atoms with Gasteiger partial charge in [-0.3, -0.25) is 4.79 Å². The Hall–Kier alpha value is -1.59. The van der Waals surface area contributed by atoms with E-state index in [0.29, 0.717) is 38.2 Å². The van der Waals surface area contributed by atoms with Crippen LogP contribution in [0.15, 0.2) is 11.6 Å². The monoisotopic (exact) mass is 1070 g/mol. The van der Waals surface area contributed by atoms with Gasteiger partial charge >= 0.3 is 5.97 Å². The third kappa shape index (κ3) is 10.2. The van der Waals surface area contributed by atoms with E-state index in [1.165, 1.54) is 19.6 Å². The summed E-state index contributed by atoms with van der Waals surface area (Å²) < 4.78 is 116. The number of fused-ring (bicyclic) bond motifs is 3. The lowest BCUT2D eigenvalue weighted by atomic mass is 9.44. The maximum atomic E-state index is 11.7. The highest BCUT2D eigenvalue weighted by molar-refractivity contribution is 5.66. The number of hydrogen-bond donors (Lipinski definition) is 2. The molecule has 2 saturated carbocycles. The molecule has 26 atom stereocenters. The SMILES string of the molecule is CO[C@H]1[C@@H](O)[C@@H](O[C@H]2CO[C@H](O[C@H]3CO[C@H](O[C@H]4CO[C@H](O[C@H]5CO[C@H](O[C@H]6CC[C@@]7(C)C(=CCC8C7CC[C@]7(C)C9C%10COC9OC87C(O)O%10)C6)C[C@@H]5OC)C[C@@H]4OC)C[C@@H]3OC)C[C@@H]2OC)OC[C@@H]1OC(C)=O. The zero-order chi connectivity index (χ0) is 52.4. The summed E-state index contributed by atoms with van der Waals surface area (Å²) in [5.41, 5.74) is 0.479. The molecule has 75 heavy (non-hydrogen) atoms. The Kier molecular flexibility index (Phi) is 16.8. The molecule has 10 fully saturated rings. The van der Waals surface area contributed by atoms with Gasteiger partial charge in [0.2, 0.25) is 0 Å². The number of esters is 1. The van der Waals surface area contributed by atoms with Gasteiger partial charge in [0.15, 0.2) is 50.1 Å². The van der Waals surface area contributed by atoms with Crippen LogP contribution in [0.4, 0.5) is 0 Å². The van der Waals surface area contributed by atoms with E-state index in [2.05, 4.69) is 19.9 Å². The smallest absolute Gasteiger partial charge is 0.303 e. The fourth-order valence-corrected chi connectivity index (χ4v) is 15.4. The molecule has 3 aliphatic carbocycles. The molecule has 11 aliphatic rings. The fourth-order valence-electron chi connectivity index (χ4n) is 15.4. The topological polar surface area (TPSA) is 233 Å². The van der Waals surface area contributed by atoms with Crippen LogP contribution in [0.1, 0.15) is 85.0 Å². The first-order chi connectivity index (χ1) is 36.2. The van der Waals surface area contributed by atoms with Gasteiger partial charge in [-0.15, -0.1) is 0 Å². The molecular formula is C53H82O22. The number of aliphatic hydroxyl groups excluding tert-OH is 2. The normalized spacial score (nSPS) is 51.5. The van der Waals surface area contributed by atoms with E-state index in [0.717, 1.165) is 38.5 Å². The van der Waals surface area contributed by atoms with Crippen LogP contribution < -0.4 is 0 Å². The number of hydrogen-bond acceptors (Lipinski definition) is 22. The lowest BCUT2D eigenvalue weighted by molar-refractivity contribution is -0.349. The quantitative estimate of drug-likeness (QED) is 0.167. The molecule has 0 aromatic rings. The van der Waals surface area contributed by atoms with Gasteiger partial charge in [-0.05, 0) is 49.9 Å². The van der Waals surface area contributed by atoms with Gasteiger partial charge < -0.3 is 100 Å². The summed E-state index contributed by atoms with van der Waals surface area (Å²) in [4.78, 5) is 11.6. The van der Waals surface area contributed by atoms with Gasteiger partial charge in [-0.25, -0.2) is 0 Å². The molecule has 2 bridgehead atoms. The number of methoxy groups -OCH3 is 5. The number of carbonyl (C=O) groups excluding carboxylic acids is 1. The summed E-state index contributed by atoms with van der Waals surface area (Å²) >= 11 is 0. The van der Waals surface area contributed by atoms with Crippen molar-refractivity contribution >= 4 is 5.97 Å². The molecule has 2 N–H and O–H groups in total. The van der Waals surface area contributed by atoms with Crippen molar-refractivity contribution < 1.29 is 105 Å². The van der Waals surface area contributed by atoms with Crippen LogP contribution in [0.25, 0.3) is 0 Å². The summed E-state index contributed by atoms with van der Waals surface area (Å²) in [6.07, 6.45) is -1.12. The highest BCUT2D eigenvalue weighted by Gasteiger charge is 2.79. The van der Waals surface area contributed by atoms with Crippen molar-refractivity contribution in [3.63, 3.8) is 0 Å². The molecule has 22 nitrogen and oxygen atoms in total. The maximum absolute atomic E-state index is 11.7. The minimum absolute atomic E-state index is 0.0107. The van der Waals surface area contributed by atoms with Crippen molar-refractivity contribution in [3.8, 4) is 0 Å². The molecule has 0 aromatic heterocycles. The second-order valence-corrected chi connectivity index (χ2v) is 23.0. The van der Waals surface area contributed by atoms with Gasteiger partial charge in [0.05, 0.1) is 76.3 Å². The summed E-state index contributed by atoms with van der Waals surface area (Å²) in [7, 11) is 7.96. The molecule has 0 spiro atoms. The molecule has 0 radical (unpaired) electrons. The zero-order valence-corrected chi connectivity index (χ0v) is 44.7. The third-order valence-electron chi connectivity index (χ3n) is 19.3. The first-order valence-corrected chi connectivity index (χ1v) is 27.4. The van der Waals surface area contributed by atoms with E-state index in [1.54, 1.807) is 28.4 Å². The Bertz CT molecular complexity index is 1980. The van der Waals surface area contributed by atoms with Crippen LogP contribution in [-0.2, 0) is 94.8 Å². The lowest BCUT2D eigenvalue weighted by Gasteiger charge is -2.64. The fraction of sp³-hybridized carbons (Fsp3) is 0.943.